The fourth-order valence-electron chi connectivity index (χ4n) is 2.82. The van der Waals surface area contributed by atoms with Crippen molar-refractivity contribution >= 4 is 16.2 Å². The normalized spacial score (nSPS) is 26.2. The topological polar surface area (TPSA) is 79.0 Å². The average Bonchev–Trinajstić information content (AvgIpc) is 2.77. The number of nitrogens with one attached hydrogen (secondary N) is 1. The molecule has 0 aromatic heterocycles. The van der Waals surface area contributed by atoms with Crippen LogP contribution in [0.4, 0.5) is 0 Å². The molecule has 122 valence electrons. The van der Waals surface area contributed by atoms with Gasteiger partial charge in [-0.2, -0.15) is 17.0 Å². The zero-order valence-electron chi connectivity index (χ0n) is 12.6. The first-order valence-corrected chi connectivity index (χ1v) is 9.11. The van der Waals surface area contributed by atoms with E-state index in [1.807, 2.05) is 0 Å². The maximum absolute atomic E-state index is 12.8. The van der Waals surface area contributed by atoms with E-state index in [1.54, 1.807) is 6.92 Å². The Morgan fingerprint density at radius 2 is 1.86 bits per heavy atom. The number of hydrogen-bond donors (Lipinski definition) is 1. The molecule has 8 heteroatoms. The molecule has 2 aliphatic heterocycles. The molecule has 1 unspecified atom stereocenters. The molecule has 0 spiro atoms. The van der Waals surface area contributed by atoms with Gasteiger partial charge in [-0.15, -0.1) is 0 Å². The molecule has 7 nitrogen and oxygen atoms in total. The third-order valence-electron chi connectivity index (χ3n) is 3.94. The van der Waals surface area contributed by atoms with Crippen LogP contribution in [-0.2, 0) is 19.7 Å². The standard InChI is InChI=1S/C13H25N3O4S/c1-2-20-13(17)12-11-14-7-10-16(12)21(18,19)15-8-5-3-4-6-9-15/h12,14H,2-11H2,1H3. The minimum atomic E-state index is -3.60. The number of carbonyl (C=O) groups excluding carboxylic acids is 1. The first-order valence-electron chi connectivity index (χ1n) is 7.71. The van der Waals surface area contributed by atoms with Gasteiger partial charge in [-0.1, -0.05) is 12.8 Å². The zero-order valence-corrected chi connectivity index (χ0v) is 13.4. The van der Waals surface area contributed by atoms with Crippen LogP contribution in [0.5, 0.6) is 0 Å². The van der Waals surface area contributed by atoms with Gasteiger partial charge in [0.05, 0.1) is 6.61 Å². The third-order valence-corrected chi connectivity index (χ3v) is 5.99. The minimum Gasteiger partial charge on any atom is -0.465 e. The summed E-state index contributed by atoms with van der Waals surface area (Å²) in [6.07, 6.45) is 3.90. The molecular formula is C13H25N3O4S. The van der Waals surface area contributed by atoms with Gasteiger partial charge in [0.25, 0.3) is 10.2 Å². The summed E-state index contributed by atoms with van der Waals surface area (Å²) >= 11 is 0. The van der Waals surface area contributed by atoms with Gasteiger partial charge in [-0.05, 0) is 19.8 Å². The number of hydrogen-bond acceptors (Lipinski definition) is 5. The van der Waals surface area contributed by atoms with Crippen LogP contribution >= 0.6 is 0 Å². The molecule has 0 aliphatic carbocycles. The highest BCUT2D eigenvalue weighted by molar-refractivity contribution is 7.86. The molecule has 0 saturated carbocycles. The van der Waals surface area contributed by atoms with Crippen molar-refractivity contribution in [3.63, 3.8) is 0 Å². The Kier molecular flexibility index (Phi) is 5.98. The summed E-state index contributed by atoms with van der Waals surface area (Å²) < 4.78 is 33.5. The quantitative estimate of drug-likeness (QED) is 0.735. The lowest BCUT2D eigenvalue weighted by Gasteiger charge is -2.36. The molecular weight excluding hydrogens is 294 g/mol. The SMILES string of the molecule is CCOC(=O)C1CNCCN1S(=O)(=O)N1CCCCCC1. The van der Waals surface area contributed by atoms with Crippen LogP contribution < -0.4 is 5.32 Å². The Morgan fingerprint density at radius 3 is 2.48 bits per heavy atom. The van der Waals surface area contributed by atoms with Gasteiger partial charge in [0.2, 0.25) is 0 Å². The van der Waals surface area contributed by atoms with Crippen molar-refractivity contribution in [2.24, 2.45) is 0 Å². The highest BCUT2D eigenvalue weighted by Gasteiger charge is 2.40. The van der Waals surface area contributed by atoms with Crippen molar-refractivity contribution in [1.29, 1.82) is 0 Å². The largest absolute Gasteiger partial charge is 0.465 e. The van der Waals surface area contributed by atoms with E-state index >= 15 is 0 Å². The van der Waals surface area contributed by atoms with Crippen molar-refractivity contribution in [2.75, 3.05) is 39.3 Å². The van der Waals surface area contributed by atoms with E-state index in [4.69, 9.17) is 4.74 Å². The van der Waals surface area contributed by atoms with E-state index in [1.165, 1.54) is 8.61 Å². The molecule has 0 amide bonds. The lowest BCUT2D eigenvalue weighted by atomic mass is 10.2. The molecule has 2 saturated heterocycles. The van der Waals surface area contributed by atoms with Gasteiger partial charge in [-0.25, -0.2) is 0 Å². The van der Waals surface area contributed by atoms with Crippen LogP contribution in [0.15, 0.2) is 0 Å². The van der Waals surface area contributed by atoms with E-state index < -0.39 is 22.2 Å². The molecule has 0 aromatic rings. The van der Waals surface area contributed by atoms with Crippen LogP contribution in [0.1, 0.15) is 32.6 Å². The summed E-state index contributed by atoms with van der Waals surface area (Å²) in [4.78, 5) is 12.0. The van der Waals surface area contributed by atoms with Crippen LogP contribution in [-0.4, -0.2) is 68.4 Å². The second-order valence-corrected chi connectivity index (χ2v) is 7.28. The average molecular weight is 319 g/mol. The number of piperazine rings is 1. The first kappa shape index (κ1) is 16.7. The lowest BCUT2D eigenvalue weighted by molar-refractivity contribution is -0.148. The highest BCUT2D eigenvalue weighted by atomic mass is 32.2. The smallest absolute Gasteiger partial charge is 0.325 e. The monoisotopic (exact) mass is 319 g/mol. The Hall–Kier alpha value is -0.700. The second-order valence-electron chi connectivity index (χ2n) is 5.40. The molecule has 0 radical (unpaired) electrons. The van der Waals surface area contributed by atoms with E-state index in [-0.39, 0.29) is 6.61 Å². The second kappa shape index (κ2) is 7.53. The van der Waals surface area contributed by atoms with Crippen molar-refractivity contribution < 1.29 is 17.9 Å². The van der Waals surface area contributed by atoms with Crippen molar-refractivity contribution in [1.82, 2.24) is 13.9 Å². The Bertz CT molecular complexity index is 446. The Morgan fingerprint density at radius 1 is 1.19 bits per heavy atom. The van der Waals surface area contributed by atoms with Gasteiger partial charge in [-0.3, -0.25) is 4.79 Å². The summed E-state index contributed by atoms with van der Waals surface area (Å²) in [5, 5.41) is 3.07. The molecule has 2 heterocycles. The molecule has 1 N–H and O–H groups in total. The first-order chi connectivity index (χ1) is 10.1. The number of rotatable bonds is 4. The summed E-state index contributed by atoms with van der Waals surface area (Å²) in [6, 6.07) is -0.757. The molecule has 2 aliphatic rings. The van der Waals surface area contributed by atoms with E-state index in [9.17, 15) is 13.2 Å². The van der Waals surface area contributed by atoms with E-state index in [2.05, 4.69) is 5.32 Å². The van der Waals surface area contributed by atoms with Crippen LogP contribution in [0.25, 0.3) is 0 Å². The van der Waals surface area contributed by atoms with Crippen molar-refractivity contribution in [3.05, 3.63) is 0 Å². The zero-order chi connectivity index (χ0) is 15.3. The van der Waals surface area contributed by atoms with Crippen molar-refractivity contribution in [2.45, 2.75) is 38.6 Å². The fourth-order valence-corrected chi connectivity index (χ4v) is 4.64. The highest BCUT2D eigenvalue weighted by Crippen LogP contribution is 2.19. The molecule has 21 heavy (non-hydrogen) atoms. The maximum Gasteiger partial charge on any atom is 0.325 e. The van der Waals surface area contributed by atoms with Crippen molar-refractivity contribution in [3.8, 4) is 0 Å². The van der Waals surface area contributed by atoms with E-state index in [0.29, 0.717) is 32.7 Å². The number of carbonyl (C=O) groups is 1. The number of nitrogens with zero attached hydrogens (tertiary/aromatic N) is 2. The Balaban J connectivity index is 2.16. The summed E-state index contributed by atoms with van der Waals surface area (Å²) in [5.41, 5.74) is 0. The van der Waals surface area contributed by atoms with Crippen LogP contribution in [0.3, 0.4) is 0 Å². The molecule has 0 bridgehead atoms. The fraction of sp³-hybridized carbons (Fsp3) is 0.923. The molecule has 2 rings (SSSR count). The Labute approximate surface area is 126 Å². The molecule has 1 atom stereocenters. The lowest BCUT2D eigenvalue weighted by Crippen LogP contribution is -2.60. The predicted octanol–water partition coefficient (Wildman–Crippen LogP) is -0.0559. The van der Waals surface area contributed by atoms with Crippen LogP contribution in [0, 0.1) is 0 Å². The van der Waals surface area contributed by atoms with Gasteiger partial charge >= 0.3 is 5.97 Å². The molecule has 2 fully saturated rings. The third kappa shape index (κ3) is 3.94. The maximum atomic E-state index is 12.8. The van der Waals surface area contributed by atoms with Gasteiger partial charge in [0, 0.05) is 32.7 Å². The minimum absolute atomic E-state index is 0.257. The van der Waals surface area contributed by atoms with Crippen LogP contribution in [0.2, 0.25) is 0 Å². The van der Waals surface area contributed by atoms with Gasteiger partial charge in [0.15, 0.2) is 0 Å². The van der Waals surface area contributed by atoms with E-state index in [0.717, 1.165) is 25.7 Å². The summed E-state index contributed by atoms with van der Waals surface area (Å²) in [5.74, 6) is -0.469. The number of esters is 1. The molecule has 0 aromatic carbocycles. The van der Waals surface area contributed by atoms with Gasteiger partial charge < -0.3 is 10.1 Å². The summed E-state index contributed by atoms with van der Waals surface area (Å²) in [7, 11) is -3.60. The number of ether oxygens (including phenoxy) is 1. The summed E-state index contributed by atoms with van der Waals surface area (Å²) in [6.45, 7) is 4.25. The predicted molar refractivity (Wildman–Crippen MR) is 79.0 cm³/mol. The van der Waals surface area contributed by atoms with Gasteiger partial charge in [0.1, 0.15) is 6.04 Å².